The van der Waals surface area contributed by atoms with E-state index >= 15 is 0 Å². The molecule has 0 radical (unpaired) electrons. The van der Waals surface area contributed by atoms with Gasteiger partial charge in [-0.1, -0.05) is 13.8 Å². The molecule has 0 saturated heterocycles. The maximum Gasteiger partial charge on any atom is 0.227 e. The lowest BCUT2D eigenvalue weighted by molar-refractivity contribution is 0.418. The Morgan fingerprint density at radius 3 is 2.60 bits per heavy atom. The molecule has 2 N–H and O–H groups in total. The van der Waals surface area contributed by atoms with Gasteiger partial charge < -0.3 is 15.2 Å². The van der Waals surface area contributed by atoms with Crippen LogP contribution in [0.4, 0.5) is 17.5 Å². The molecule has 0 saturated carbocycles. The summed E-state index contributed by atoms with van der Waals surface area (Å²) in [4.78, 5) is 9.23. The van der Waals surface area contributed by atoms with Crippen molar-refractivity contribution in [1.82, 2.24) is 19.7 Å². The van der Waals surface area contributed by atoms with Crippen molar-refractivity contribution in [2.45, 2.75) is 39.8 Å². The Morgan fingerprint density at radius 2 is 1.93 bits per heavy atom. The van der Waals surface area contributed by atoms with Gasteiger partial charge in [-0.05, 0) is 62.4 Å². The third-order valence-electron chi connectivity index (χ3n) is 5.59. The number of rotatable bonds is 5. The van der Waals surface area contributed by atoms with Crippen LogP contribution in [0.2, 0.25) is 0 Å². The number of aryl methyl sites for hydroxylation is 2. The molecule has 1 unspecified atom stereocenters. The molecule has 3 aromatic rings. The molecule has 3 heterocycles. The molecule has 1 atom stereocenters. The first-order valence-corrected chi connectivity index (χ1v) is 12.9. The van der Waals surface area contributed by atoms with Crippen molar-refractivity contribution in [3.63, 3.8) is 0 Å². The molecule has 1 aliphatic heterocycles. The molecular weight excluding hydrogens is 395 g/mol. The fourth-order valence-corrected chi connectivity index (χ4v) is 4.56. The zero-order valence-corrected chi connectivity index (χ0v) is 19.1. The zero-order chi connectivity index (χ0) is 21.5. The summed E-state index contributed by atoms with van der Waals surface area (Å²) in [7, 11) is -2.27. The summed E-state index contributed by atoms with van der Waals surface area (Å²) in [5, 5.41) is 12.3. The maximum atomic E-state index is 12.2. The van der Waals surface area contributed by atoms with Gasteiger partial charge in [0.05, 0.1) is 17.5 Å². The van der Waals surface area contributed by atoms with Crippen molar-refractivity contribution in [2.75, 3.05) is 24.0 Å². The number of benzene rings is 1. The van der Waals surface area contributed by atoms with Crippen LogP contribution in [0.1, 0.15) is 25.8 Å². The van der Waals surface area contributed by atoms with Crippen LogP contribution in [0, 0.1) is 12.8 Å². The van der Waals surface area contributed by atoms with Crippen LogP contribution in [-0.4, -0.2) is 39.1 Å². The standard InChI is InChI=1S/C22H29N6OP/c1-14(2)19-10-11-28-21(26-19)18(13-24-28)20-15(3)12-23-22(27-20)25-16-6-8-17(9-7-16)30(4,5)29/h6-9,12-14,19,26H,10-11H2,1-5H3,(H,23,25,27). The highest BCUT2D eigenvalue weighted by Gasteiger charge is 2.25. The predicted molar refractivity (Wildman–Crippen MR) is 124 cm³/mol. The van der Waals surface area contributed by atoms with E-state index < -0.39 is 7.14 Å². The van der Waals surface area contributed by atoms with Gasteiger partial charge in [-0.2, -0.15) is 5.10 Å². The Balaban J connectivity index is 1.62. The second-order valence-electron chi connectivity index (χ2n) is 8.66. The molecule has 7 nitrogen and oxygen atoms in total. The monoisotopic (exact) mass is 424 g/mol. The van der Waals surface area contributed by atoms with Gasteiger partial charge in [0.1, 0.15) is 13.0 Å². The van der Waals surface area contributed by atoms with Crippen LogP contribution in [0.3, 0.4) is 0 Å². The second kappa shape index (κ2) is 7.88. The molecule has 1 aromatic carbocycles. The molecule has 0 aliphatic carbocycles. The summed E-state index contributed by atoms with van der Waals surface area (Å²) in [6, 6.07) is 8.03. The molecule has 0 amide bonds. The van der Waals surface area contributed by atoms with Gasteiger partial charge >= 0.3 is 0 Å². The summed E-state index contributed by atoms with van der Waals surface area (Å²) in [6.45, 7) is 10.9. The van der Waals surface area contributed by atoms with Gasteiger partial charge in [0.25, 0.3) is 0 Å². The highest BCUT2D eigenvalue weighted by molar-refractivity contribution is 7.70. The summed E-state index contributed by atoms with van der Waals surface area (Å²) in [5.74, 6) is 2.10. The van der Waals surface area contributed by atoms with E-state index in [4.69, 9.17) is 4.98 Å². The molecule has 0 fully saturated rings. The first-order valence-electron chi connectivity index (χ1n) is 10.3. The minimum Gasteiger partial charge on any atom is -0.367 e. The van der Waals surface area contributed by atoms with Gasteiger partial charge in [0.15, 0.2) is 0 Å². The molecule has 8 heteroatoms. The van der Waals surface area contributed by atoms with Crippen LogP contribution >= 0.6 is 7.14 Å². The Hall–Kier alpha value is -2.66. The normalized spacial score (nSPS) is 16.3. The van der Waals surface area contributed by atoms with E-state index in [-0.39, 0.29) is 0 Å². The largest absolute Gasteiger partial charge is 0.367 e. The summed E-state index contributed by atoms with van der Waals surface area (Å²) in [6.07, 6.45) is 4.79. The first-order chi connectivity index (χ1) is 14.2. The van der Waals surface area contributed by atoms with Crippen molar-refractivity contribution in [3.8, 4) is 11.3 Å². The van der Waals surface area contributed by atoms with Gasteiger partial charge in [-0.15, -0.1) is 0 Å². The number of nitrogens with zero attached hydrogens (tertiary/aromatic N) is 4. The molecule has 2 aromatic heterocycles. The molecule has 30 heavy (non-hydrogen) atoms. The van der Waals surface area contributed by atoms with E-state index in [2.05, 4.69) is 34.6 Å². The van der Waals surface area contributed by atoms with Crippen molar-refractivity contribution < 1.29 is 4.57 Å². The van der Waals surface area contributed by atoms with Crippen LogP contribution in [0.15, 0.2) is 36.7 Å². The minimum absolute atomic E-state index is 0.430. The van der Waals surface area contributed by atoms with Crippen LogP contribution in [0.5, 0.6) is 0 Å². The topological polar surface area (TPSA) is 84.7 Å². The Morgan fingerprint density at radius 1 is 1.20 bits per heavy atom. The molecule has 1 aliphatic rings. The highest BCUT2D eigenvalue weighted by atomic mass is 31.2. The molecule has 0 bridgehead atoms. The SMILES string of the molecule is Cc1cnc(Nc2ccc(P(C)(C)=O)cc2)nc1-c1cnn2c1NC(C(C)C)CC2. The smallest absolute Gasteiger partial charge is 0.227 e. The number of anilines is 3. The van der Waals surface area contributed by atoms with Crippen molar-refractivity contribution in [2.24, 2.45) is 5.92 Å². The average molecular weight is 424 g/mol. The van der Waals surface area contributed by atoms with E-state index in [9.17, 15) is 4.57 Å². The number of aromatic nitrogens is 4. The van der Waals surface area contributed by atoms with Crippen LogP contribution in [0.25, 0.3) is 11.3 Å². The Labute approximate surface area is 177 Å². The third-order valence-corrected chi connectivity index (χ3v) is 7.13. The number of hydrogen-bond acceptors (Lipinski definition) is 6. The van der Waals surface area contributed by atoms with Gasteiger partial charge in [-0.25, -0.2) is 14.6 Å². The summed E-state index contributed by atoms with van der Waals surface area (Å²) >= 11 is 0. The number of hydrogen-bond donors (Lipinski definition) is 2. The molecule has 4 rings (SSSR count). The number of nitrogens with one attached hydrogen (secondary N) is 2. The third kappa shape index (κ3) is 4.12. The first kappa shape index (κ1) is 20.6. The van der Waals surface area contributed by atoms with Crippen molar-refractivity contribution in [3.05, 3.63) is 42.2 Å². The summed E-state index contributed by atoms with van der Waals surface area (Å²) in [5.41, 5.74) is 3.72. The highest BCUT2D eigenvalue weighted by Crippen LogP contribution is 2.35. The van der Waals surface area contributed by atoms with Gasteiger partial charge in [0.2, 0.25) is 5.95 Å². The second-order valence-corrected chi connectivity index (χ2v) is 11.9. The lowest BCUT2D eigenvalue weighted by atomic mass is 9.99. The van der Waals surface area contributed by atoms with Crippen LogP contribution in [-0.2, 0) is 11.1 Å². The van der Waals surface area contributed by atoms with Gasteiger partial charge in [-0.3, -0.25) is 0 Å². The van der Waals surface area contributed by atoms with Crippen LogP contribution < -0.4 is 15.9 Å². The minimum atomic E-state index is -2.27. The molecule has 158 valence electrons. The fraction of sp³-hybridized carbons (Fsp3) is 0.409. The lowest BCUT2D eigenvalue weighted by Crippen LogP contribution is -2.33. The van der Waals surface area contributed by atoms with E-state index in [1.54, 1.807) is 13.3 Å². The lowest BCUT2D eigenvalue weighted by Gasteiger charge is -2.29. The van der Waals surface area contributed by atoms with Crippen molar-refractivity contribution in [1.29, 1.82) is 0 Å². The summed E-state index contributed by atoms with van der Waals surface area (Å²) < 4.78 is 14.2. The Kier molecular flexibility index (Phi) is 5.41. The van der Waals surface area contributed by atoms with E-state index in [0.717, 1.165) is 46.6 Å². The van der Waals surface area contributed by atoms with E-state index in [1.807, 2.05) is 48.3 Å². The quantitative estimate of drug-likeness (QED) is 0.588. The fourth-order valence-electron chi connectivity index (χ4n) is 3.70. The molecular formula is C22H29N6OP. The predicted octanol–water partition coefficient (Wildman–Crippen LogP) is 4.48. The van der Waals surface area contributed by atoms with E-state index in [1.165, 1.54) is 0 Å². The van der Waals surface area contributed by atoms with Crippen molar-refractivity contribution >= 4 is 29.9 Å². The molecule has 0 spiro atoms. The van der Waals surface area contributed by atoms with Gasteiger partial charge in [0, 0.05) is 29.8 Å². The Bertz CT molecular complexity index is 1100. The average Bonchev–Trinajstić information content (AvgIpc) is 3.12. The maximum absolute atomic E-state index is 12.2. The van der Waals surface area contributed by atoms with E-state index in [0.29, 0.717) is 17.9 Å². The number of fused-ring (bicyclic) bond motifs is 1. The zero-order valence-electron chi connectivity index (χ0n) is 18.2.